The molecule has 4 nitrogen and oxygen atoms in total. The smallest absolute Gasteiger partial charge is 0.266 e. The minimum absolute atomic E-state index is 0.200. The van der Waals surface area contributed by atoms with E-state index in [9.17, 15) is 9.59 Å². The number of rotatable bonds is 1. The summed E-state index contributed by atoms with van der Waals surface area (Å²) in [6.45, 7) is 12.4. The quantitative estimate of drug-likeness (QED) is 0.601. The predicted molar refractivity (Wildman–Crippen MR) is 106 cm³/mol. The number of hydrogen-bond acceptors (Lipinski definition) is 3. The molecule has 0 spiro atoms. The minimum atomic E-state index is -0.277. The highest BCUT2D eigenvalue weighted by molar-refractivity contribution is 6.34. The van der Waals surface area contributed by atoms with E-state index in [0.29, 0.717) is 22.5 Å². The van der Waals surface area contributed by atoms with Gasteiger partial charge in [0.25, 0.3) is 11.8 Å². The highest BCUT2D eigenvalue weighted by Gasteiger charge is 2.39. The lowest BCUT2D eigenvalue weighted by Crippen LogP contribution is -2.33. The monoisotopic (exact) mass is 350 g/mol. The van der Waals surface area contributed by atoms with Crippen LogP contribution in [0.2, 0.25) is 0 Å². The third kappa shape index (κ3) is 2.79. The van der Waals surface area contributed by atoms with Gasteiger partial charge in [-0.05, 0) is 46.2 Å². The summed E-state index contributed by atoms with van der Waals surface area (Å²) in [6, 6.07) is 10.8. The van der Waals surface area contributed by atoms with Gasteiger partial charge in [-0.1, -0.05) is 53.7 Å². The lowest BCUT2D eigenvalue weighted by molar-refractivity contribution is 0.0925. The van der Waals surface area contributed by atoms with Crippen molar-refractivity contribution in [2.75, 3.05) is 10.6 Å². The molecule has 0 saturated carbocycles. The lowest BCUT2D eigenvalue weighted by atomic mass is 9.79. The number of carbonyl (C=O) groups is 2. The van der Waals surface area contributed by atoms with Crippen molar-refractivity contribution < 1.29 is 9.59 Å². The summed E-state index contributed by atoms with van der Waals surface area (Å²) in [6.07, 6.45) is 0. The number of nitrogen functional groups attached to an aromatic ring is 1. The number of nitrogens with two attached hydrogens (primary N) is 1. The van der Waals surface area contributed by atoms with Gasteiger partial charge in [0, 0.05) is 5.69 Å². The Morgan fingerprint density at radius 1 is 0.769 bits per heavy atom. The molecule has 0 aliphatic carbocycles. The van der Waals surface area contributed by atoms with Crippen molar-refractivity contribution in [3.05, 3.63) is 58.7 Å². The number of imide groups is 1. The maximum Gasteiger partial charge on any atom is 0.266 e. The van der Waals surface area contributed by atoms with E-state index in [4.69, 9.17) is 5.73 Å². The first-order chi connectivity index (χ1) is 11.9. The maximum atomic E-state index is 13.0. The molecule has 26 heavy (non-hydrogen) atoms. The van der Waals surface area contributed by atoms with E-state index in [1.54, 1.807) is 24.3 Å². The van der Waals surface area contributed by atoms with Crippen LogP contribution >= 0.6 is 0 Å². The zero-order valence-corrected chi connectivity index (χ0v) is 16.3. The maximum absolute atomic E-state index is 13.0. The minimum Gasteiger partial charge on any atom is -0.398 e. The molecule has 1 aliphatic heterocycles. The van der Waals surface area contributed by atoms with Crippen LogP contribution < -0.4 is 10.6 Å². The molecular formula is C22H26N2O2. The predicted octanol–water partition coefficient (Wildman–Crippen LogP) is 4.66. The van der Waals surface area contributed by atoms with Gasteiger partial charge in [0.05, 0.1) is 16.8 Å². The summed E-state index contributed by atoms with van der Waals surface area (Å²) in [5.74, 6) is -0.554. The van der Waals surface area contributed by atoms with Gasteiger partial charge in [0.1, 0.15) is 0 Å². The number of benzene rings is 2. The summed E-state index contributed by atoms with van der Waals surface area (Å²) >= 11 is 0. The molecule has 0 bridgehead atoms. The van der Waals surface area contributed by atoms with Crippen LogP contribution in [0, 0.1) is 0 Å². The highest BCUT2D eigenvalue weighted by atomic mass is 16.2. The van der Waals surface area contributed by atoms with E-state index in [2.05, 4.69) is 41.5 Å². The van der Waals surface area contributed by atoms with E-state index < -0.39 is 0 Å². The Bertz CT molecular complexity index is 880. The molecule has 0 radical (unpaired) electrons. The number of nitrogens with zero attached hydrogens (tertiary/aromatic N) is 1. The van der Waals surface area contributed by atoms with Gasteiger partial charge in [-0.3, -0.25) is 9.59 Å². The van der Waals surface area contributed by atoms with Gasteiger partial charge in [-0.2, -0.15) is 0 Å². The Kier molecular flexibility index (Phi) is 3.98. The Balaban J connectivity index is 2.28. The summed E-state index contributed by atoms with van der Waals surface area (Å²) in [5.41, 5.74) is 9.89. The van der Waals surface area contributed by atoms with E-state index in [1.807, 2.05) is 12.1 Å². The number of fused-ring (bicyclic) bond motifs is 1. The first kappa shape index (κ1) is 18.2. The zero-order valence-electron chi connectivity index (χ0n) is 16.3. The molecule has 2 N–H and O–H groups in total. The van der Waals surface area contributed by atoms with Crippen LogP contribution in [0.1, 0.15) is 73.4 Å². The van der Waals surface area contributed by atoms with E-state index >= 15 is 0 Å². The van der Waals surface area contributed by atoms with Crippen LogP contribution in [-0.2, 0) is 10.8 Å². The fraction of sp³-hybridized carbons (Fsp3) is 0.364. The Hall–Kier alpha value is -2.62. The Morgan fingerprint density at radius 3 is 1.65 bits per heavy atom. The molecule has 0 saturated heterocycles. The van der Waals surface area contributed by atoms with Crippen molar-refractivity contribution in [2.45, 2.75) is 52.4 Å². The average Bonchev–Trinajstić information content (AvgIpc) is 2.77. The van der Waals surface area contributed by atoms with Gasteiger partial charge in [-0.25, -0.2) is 4.90 Å². The summed E-state index contributed by atoms with van der Waals surface area (Å²) < 4.78 is 0. The second-order valence-corrected chi connectivity index (χ2v) is 8.95. The van der Waals surface area contributed by atoms with Crippen molar-refractivity contribution in [1.82, 2.24) is 0 Å². The molecule has 0 fully saturated rings. The molecule has 1 aliphatic rings. The van der Waals surface area contributed by atoms with Crippen LogP contribution in [-0.4, -0.2) is 11.8 Å². The standard InChI is InChI=1S/C22H26N2O2/c1-21(2,3)15-12-18(16(11-17(15)23)22(4,5)6)24-19(25)13-9-7-8-10-14(13)20(24)26/h7-12H,23H2,1-6H3. The van der Waals surface area contributed by atoms with Gasteiger partial charge in [0.2, 0.25) is 0 Å². The van der Waals surface area contributed by atoms with E-state index in [-0.39, 0.29) is 22.6 Å². The average molecular weight is 350 g/mol. The molecule has 0 unspecified atom stereocenters. The second-order valence-electron chi connectivity index (χ2n) is 8.95. The number of carbonyl (C=O) groups excluding carboxylic acids is 2. The van der Waals surface area contributed by atoms with Crippen LogP contribution in [0.5, 0.6) is 0 Å². The van der Waals surface area contributed by atoms with E-state index in [0.717, 1.165) is 11.1 Å². The molecule has 136 valence electrons. The lowest BCUT2D eigenvalue weighted by Gasteiger charge is -2.31. The van der Waals surface area contributed by atoms with Crippen molar-refractivity contribution in [3.63, 3.8) is 0 Å². The van der Waals surface area contributed by atoms with Gasteiger partial charge in [0.15, 0.2) is 0 Å². The number of anilines is 2. The van der Waals surface area contributed by atoms with Crippen LogP contribution in [0.4, 0.5) is 11.4 Å². The second kappa shape index (κ2) is 5.70. The fourth-order valence-electron chi connectivity index (χ4n) is 3.45. The highest BCUT2D eigenvalue weighted by Crippen LogP contribution is 2.41. The van der Waals surface area contributed by atoms with Crippen molar-refractivity contribution in [2.24, 2.45) is 0 Å². The van der Waals surface area contributed by atoms with Crippen LogP contribution in [0.15, 0.2) is 36.4 Å². The molecule has 2 aromatic carbocycles. The zero-order chi connectivity index (χ0) is 19.4. The summed E-state index contributed by atoms with van der Waals surface area (Å²) in [5, 5.41) is 0. The van der Waals surface area contributed by atoms with Gasteiger partial charge >= 0.3 is 0 Å². The molecule has 2 aromatic rings. The van der Waals surface area contributed by atoms with Crippen LogP contribution in [0.25, 0.3) is 0 Å². The van der Waals surface area contributed by atoms with Gasteiger partial charge < -0.3 is 5.73 Å². The fourth-order valence-corrected chi connectivity index (χ4v) is 3.45. The summed E-state index contributed by atoms with van der Waals surface area (Å²) in [7, 11) is 0. The first-order valence-electron chi connectivity index (χ1n) is 8.85. The molecule has 3 rings (SSSR count). The largest absolute Gasteiger partial charge is 0.398 e. The molecule has 0 atom stereocenters. The molecule has 1 heterocycles. The Morgan fingerprint density at radius 2 is 1.23 bits per heavy atom. The summed E-state index contributed by atoms with van der Waals surface area (Å²) in [4.78, 5) is 27.3. The normalized spacial score (nSPS) is 14.8. The van der Waals surface area contributed by atoms with E-state index in [1.165, 1.54) is 4.90 Å². The third-order valence-electron chi connectivity index (χ3n) is 4.82. The van der Waals surface area contributed by atoms with Crippen molar-refractivity contribution >= 4 is 23.2 Å². The van der Waals surface area contributed by atoms with Crippen LogP contribution in [0.3, 0.4) is 0 Å². The molecule has 0 aromatic heterocycles. The molecule has 4 heteroatoms. The van der Waals surface area contributed by atoms with Crippen molar-refractivity contribution in [3.8, 4) is 0 Å². The SMILES string of the molecule is CC(C)(C)c1cc(N2C(=O)c3ccccc3C2=O)c(C(C)(C)C)cc1N. The number of amides is 2. The molecule has 2 amide bonds. The topological polar surface area (TPSA) is 63.4 Å². The third-order valence-corrected chi connectivity index (χ3v) is 4.82. The first-order valence-corrected chi connectivity index (χ1v) is 8.85. The molecular weight excluding hydrogens is 324 g/mol. The van der Waals surface area contributed by atoms with Crippen molar-refractivity contribution in [1.29, 1.82) is 0 Å². The van der Waals surface area contributed by atoms with Gasteiger partial charge in [-0.15, -0.1) is 0 Å². The Labute approximate surface area is 155 Å². The number of hydrogen-bond donors (Lipinski definition) is 1.